The number of rotatable bonds is 6. The Hall–Kier alpha value is -2.15. The van der Waals surface area contributed by atoms with Crippen molar-refractivity contribution in [2.24, 2.45) is 0 Å². The first-order chi connectivity index (χ1) is 12.6. The van der Waals surface area contributed by atoms with Gasteiger partial charge in [0.2, 0.25) is 11.8 Å². The van der Waals surface area contributed by atoms with Crippen molar-refractivity contribution >= 4 is 16.7 Å². The van der Waals surface area contributed by atoms with Gasteiger partial charge in [0.05, 0.1) is 18.6 Å². The lowest BCUT2D eigenvalue weighted by Crippen LogP contribution is -2.38. The molecule has 7 heteroatoms. The summed E-state index contributed by atoms with van der Waals surface area (Å²) in [5.74, 6) is 2.12. The standard InChI is InChI=1S/C19H24N2O4S/c1-14-17(12-26(23)13-18(22)21-10-4-3-5-11-21)20-19(25-14)15-6-8-16(24-2)9-7-15/h6-9H,3-5,10-13H2,1-2H3/t26-/m1/s1. The molecule has 0 bridgehead atoms. The summed E-state index contributed by atoms with van der Waals surface area (Å²) in [6.07, 6.45) is 3.23. The van der Waals surface area contributed by atoms with Crippen LogP contribution < -0.4 is 4.74 Å². The molecule has 1 fully saturated rings. The number of hydrogen-bond donors (Lipinski definition) is 0. The predicted octanol–water partition coefficient (Wildman–Crippen LogP) is 2.92. The number of aromatic nitrogens is 1. The molecule has 0 spiro atoms. The Balaban J connectivity index is 1.63. The lowest BCUT2D eigenvalue weighted by molar-refractivity contribution is -0.129. The van der Waals surface area contributed by atoms with E-state index in [-0.39, 0.29) is 17.4 Å². The number of nitrogens with zero attached hydrogens (tertiary/aromatic N) is 2. The van der Waals surface area contributed by atoms with Gasteiger partial charge < -0.3 is 14.1 Å². The highest BCUT2D eigenvalue weighted by Gasteiger charge is 2.20. The average molecular weight is 376 g/mol. The monoisotopic (exact) mass is 376 g/mol. The third-order valence-electron chi connectivity index (χ3n) is 4.52. The Kier molecular flexibility index (Phi) is 6.08. The fourth-order valence-corrected chi connectivity index (χ4v) is 4.13. The molecule has 1 atom stereocenters. The Labute approximate surface area is 156 Å². The van der Waals surface area contributed by atoms with Gasteiger partial charge in [0.15, 0.2) is 0 Å². The molecular weight excluding hydrogens is 352 g/mol. The van der Waals surface area contributed by atoms with Crippen LogP contribution in [-0.2, 0) is 21.3 Å². The van der Waals surface area contributed by atoms with E-state index in [1.54, 1.807) is 14.0 Å². The van der Waals surface area contributed by atoms with E-state index >= 15 is 0 Å². The molecule has 1 aromatic heterocycles. The summed E-state index contributed by atoms with van der Waals surface area (Å²) in [7, 11) is 0.319. The van der Waals surface area contributed by atoms with Gasteiger partial charge in [-0.25, -0.2) is 4.98 Å². The predicted molar refractivity (Wildman–Crippen MR) is 100 cm³/mol. The van der Waals surface area contributed by atoms with Crippen molar-refractivity contribution in [3.05, 3.63) is 35.7 Å². The Morgan fingerprint density at radius 3 is 2.58 bits per heavy atom. The molecule has 3 rings (SSSR count). The molecule has 1 aliphatic heterocycles. The van der Waals surface area contributed by atoms with E-state index in [0.717, 1.165) is 37.2 Å². The number of hydrogen-bond acceptors (Lipinski definition) is 5. The van der Waals surface area contributed by atoms with Crippen LogP contribution in [0.2, 0.25) is 0 Å². The van der Waals surface area contributed by atoms with Gasteiger partial charge >= 0.3 is 0 Å². The van der Waals surface area contributed by atoms with Gasteiger partial charge in [-0.15, -0.1) is 0 Å². The minimum absolute atomic E-state index is 0.0282. The van der Waals surface area contributed by atoms with Gasteiger partial charge in [0.25, 0.3) is 0 Å². The van der Waals surface area contributed by atoms with Crippen molar-refractivity contribution < 1.29 is 18.2 Å². The van der Waals surface area contributed by atoms with Crippen LogP contribution in [0.25, 0.3) is 11.5 Å². The molecule has 0 unspecified atom stereocenters. The Morgan fingerprint density at radius 1 is 1.23 bits per heavy atom. The minimum Gasteiger partial charge on any atom is -0.497 e. The number of carbonyl (C=O) groups is 1. The molecule has 0 radical (unpaired) electrons. The second-order valence-electron chi connectivity index (χ2n) is 6.42. The van der Waals surface area contributed by atoms with Crippen LogP contribution in [0, 0.1) is 6.92 Å². The van der Waals surface area contributed by atoms with E-state index in [9.17, 15) is 9.00 Å². The number of amides is 1. The molecule has 0 N–H and O–H groups in total. The quantitative estimate of drug-likeness (QED) is 0.775. The number of ether oxygens (including phenoxy) is 1. The average Bonchev–Trinajstić information content (AvgIpc) is 3.02. The van der Waals surface area contributed by atoms with Gasteiger partial charge in [0.1, 0.15) is 17.3 Å². The maximum Gasteiger partial charge on any atom is 0.235 e. The summed E-state index contributed by atoms with van der Waals surface area (Å²) >= 11 is 0. The van der Waals surface area contributed by atoms with E-state index in [4.69, 9.17) is 9.15 Å². The molecule has 6 nitrogen and oxygen atoms in total. The van der Waals surface area contributed by atoms with E-state index in [2.05, 4.69) is 4.98 Å². The fraction of sp³-hybridized carbons (Fsp3) is 0.474. The first-order valence-electron chi connectivity index (χ1n) is 8.80. The first kappa shape index (κ1) is 18.6. The van der Waals surface area contributed by atoms with Crippen LogP contribution in [0.1, 0.15) is 30.7 Å². The summed E-state index contributed by atoms with van der Waals surface area (Å²) in [6, 6.07) is 7.41. The number of benzene rings is 1. The molecule has 1 amide bonds. The van der Waals surface area contributed by atoms with Crippen molar-refractivity contribution in [2.75, 3.05) is 26.0 Å². The maximum atomic E-state index is 12.4. The molecule has 2 heterocycles. The maximum absolute atomic E-state index is 12.4. The molecule has 140 valence electrons. The molecule has 26 heavy (non-hydrogen) atoms. The fourth-order valence-electron chi connectivity index (χ4n) is 2.99. The summed E-state index contributed by atoms with van der Waals surface area (Å²) < 4.78 is 23.3. The Bertz CT molecular complexity index is 779. The highest BCUT2D eigenvalue weighted by atomic mass is 32.2. The van der Waals surface area contributed by atoms with Crippen LogP contribution >= 0.6 is 0 Å². The molecule has 2 aromatic rings. The minimum atomic E-state index is -1.29. The summed E-state index contributed by atoms with van der Waals surface area (Å²) in [6.45, 7) is 3.36. The third-order valence-corrected chi connectivity index (χ3v) is 5.68. The zero-order chi connectivity index (χ0) is 18.5. The number of piperidine rings is 1. The van der Waals surface area contributed by atoms with E-state index in [1.807, 2.05) is 29.2 Å². The van der Waals surface area contributed by atoms with Crippen LogP contribution in [0.4, 0.5) is 0 Å². The molecule has 0 saturated carbocycles. The number of likely N-dealkylation sites (tertiary alicyclic amines) is 1. The Morgan fingerprint density at radius 2 is 1.92 bits per heavy atom. The highest BCUT2D eigenvalue weighted by Crippen LogP contribution is 2.24. The topological polar surface area (TPSA) is 72.6 Å². The van der Waals surface area contributed by atoms with E-state index in [1.165, 1.54) is 6.42 Å². The normalized spacial score (nSPS) is 15.7. The molecule has 0 aliphatic carbocycles. The lowest BCUT2D eigenvalue weighted by Gasteiger charge is -2.26. The van der Waals surface area contributed by atoms with E-state index in [0.29, 0.717) is 17.3 Å². The lowest BCUT2D eigenvalue weighted by atomic mass is 10.1. The molecular formula is C19H24N2O4S. The van der Waals surface area contributed by atoms with Crippen molar-refractivity contribution in [1.29, 1.82) is 0 Å². The van der Waals surface area contributed by atoms with Gasteiger partial charge in [0, 0.05) is 29.5 Å². The summed E-state index contributed by atoms with van der Waals surface area (Å²) in [4.78, 5) is 18.5. The molecule has 1 aliphatic rings. The summed E-state index contributed by atoms with van der Waals surface area (Å²) in [5.41, 5.74) is 1.47. The SMILES string of the molecule is COc1ccc(-c2nc(C[S@@](=O)CC(=O)N3CCCCC3)c(C)o2)cc1. The van der Waals surface area contributed by atoms with Crippen molar-refractivity contribution in [3.63, 3.8) is 0 Å². The van der Waals surface area contributed by atoms with Crippen molar-refractivity contribution in [3.8, 4) is 17.2 Å². The second-order valence-corrected chi connectivity index (χ2v) is 7.88. The van der Waals surface area contributed by atoms with Gasteiger partial charge in [-0.05, 0) is 50.5 Å². The zero-order valence-electron chi connectivity index (χ0n) is 15.2. The molecule has 1 aromatic carbocycles. The first-order valence-corrected chi connectivity index (χ1v) is 10.3. The number of aryl methyl sites for hydroxylation is 1. The second kappa shape index (κ2) is 8.49. The number of methoxy groups -OCH3 is 1. The smallest absolute Gasteiger partial charge is 0.235 e. The zero-order valence-corrected chi connectivity index (χ0v) is 16.0. The number of oxazole rings is 1. The summed E-state index contributed by atoms with van der Waals surface area (Å²) in [5, 5.41) is 0. The van der Waals surface area contributed by atoms with Crippen LogP contribution in [-0.4, -0.2) is 46.0 Å². The molecule has 1 saturated heterocycles. The number of carbonyl (C=O) groups excluding carboxylic acids is 1. The van der Waals surface area contributed by atoms with Gasteiger partial charge in [-0.2, -0.15) is 0 Å². The van der Waals surface area contributed by atoms with Crippen LogP contribution in [0.15, 0.2) is 28.7 Å². The van der Waals surface area contributed by atoms with E-state index < -0.39 is 10.8 Å². The highest BCUT2D eigenvalue weighted by molar-refractivity contribution is 7.84. The third kappa shape index (κ3) is 4.52. The van der Waals surface area contributed by atoms with Crippen LogP contribution in [0.3, 0.4) is 0 Å². The van der Waals surface area contributed by atoms with Crippen LogP contribution in [0.5, 0.6) is 5.75 Å². The van der Waals surface area contributed by atoms with Crippen molar-refractivity contribution in [2.45, 2.75) is 31.9 Å². The van der Waals surface area contributed by atoms with Gasteiger partial charge in [-0.1, -0.05) is 0 Å². The largest absolute Gasteiger partial charge is 0.497 e. The van der Waals surface area contributed by atoms with Gasteiger partial charge in [-0.3, -0.25) is 9.00 Å². The van der Waals surface area contributed by atoms with Crippen molar-refractivity contribution in [1.82, 2.24) is 9.88 Å².